The van der Waals surface area contributed by atoms with E-state index < -0.39 is 0 Å². The largest absolute Gasteiger partial charge is 0.381 e. The number of thioether (sulfide) groups is 1. The lowest BCUT2D eigenvalue weighted by molar-refractivity contribution is 0.0374. The van der Waals surface area contributed by atoms with Gasteiger partial charge >= 0.3 is 0 Å². The Morgan fingerprint density at radius 2 is 2.00 bits per heavy atom. The molecule has 0 bridgehead atoms. The monoisotopic (exact) mass is 266 g/mol. The van der Waals surface area contributed by atoms with Gasteiger partial charge in [0.05, 0.1) is 0 Å². The van der Waals surface area contributed by atoms with Gasteiger partial charge in [-0.1, -0.05) is 29.8 Å². The Bertz CT molecular complexity index is 144. The van der Waals surface area contributed by atoms with E-state index >= 15 is 0 Å². The van der Waals surface area contributed by atoms with Crippen molar-refractivity contribution >= 4 is 27.7 Å². The molecule has 0 aromatic carbocycles. The van der Waals surface area contributed by atoms with Crippen LogP contribution in [0.2, 0.25) is 0 Å². The topological polar surface area (TPSA) is 9.23 Å². The molecule has 13 heavy (non-hydrogen) atoms. The number of hydrogen-bond donors (Lipinski definition) is 0. The van der Waals surface area contributed by atoms with Crippen molar-refractivity contribution in [3.05, 3.63) is 0 Å². The third-order valence-corrected chi connectivity index (χ3v) is 5.19. The maximum absolute atomic E-state index is 5.40. The predicted molar refractivity (Wildman–Crippen MR) is 63.9 cm³/mol. The van der Waals surface area contributed by atoms with E-state index in [2.05, 4.69) is 41.5 Å². The first-order valence-electron chi connectivity index (χ1n) is 4.94. The van der Waals surface area contributed by atoms with Crippen molar-refractivity contribution in [2.24, 2.45) is 5.41 Å². The van der Waals surface area contributed by atoms with Gasteiger partial charge in [-0.2, -0.15) is 11.8 Å². The Morgan fingerprint density at radius 3 is 2.46 bits per heavy atom. The second-order valence-corrected chi connectivity index (χ2v) is 6.23. The van der Waals surface area contributed by atoms with E-state index in [1.165, 1.54) is 18.6 Å². The van der Waals surface area contributed by atoms with E-state index in [0.717, 1.165) is 23.8 Å². The molecule has 0 aromatic heterocycles. The van der Waals surface area contributed by atoms with Gasteiger partial charge in [0, 0.05) is 24.3 Å². The lowest BCUT2D eigenvalue weighted by Crippen LogP contribution is -2.33. The summed E-state index contributed by atoms with van der Waals surface area (Å²) in [7, 11) is 0. The normalized spacial score (nSPS) is 22.2. The Hall–Kier alpha value is 0.790. The Balaban J connectivity index is 2.38. The third-order valence-electron chi connectivity index (χ3n) is 2.56. The number of rotatable bonds is 4. The maximum atomic E-state index is 5.40. The van der Waals surface area contributed by atoms with Gasteiger partial charge in [-0.15, -0.1) is 0 Å². The quantitative estimate of drug-likeness (QED) is 0.723. The van der Waals surface area contributed by atoms with Gasteiger partial charge in [-0.25, -0.2) is 0 Å². The fourth-order valence-electron chi connectivity index (χ4n) is 1.46. The first-order chi connectivity index (χ1) is 6.18. The third kappa shape index (κ3) is 3.80. The molecule has 78 valence electrons. The first-order valence-corrected chi connectivity index (χ1v) is 7.11. The first kappa shape index (κ1) is 11.9. The zero-order valence-corrected chi connectivity index (χ0v) is 10.9. The van der Waals surface area contributed by atoms with Crippen LogP contribution in [0.3, 0.4) is 0 Å². The maximum Gasteiger partial charge on any atom is 0.0471 e. The van der Waals surface area contributed by atoms with Crippen molar-refractivity contribution < 1.29 is 4.74 Å². The van der Waals surface area contributed by atoms with Gasteiger partial charge < -0.3 is 4.74 Å². The molecule has 0 spiro atoms. The summed E-state index contributed by atoms with van der Waals surface area (Å²) in [6.07, 6.45) is 2.44. The predicted octanol–water partition coefficient (Wildman–Crippen LogP) is 3.32. The zero-order valence-electron chi connectivity index (χ0n) is 8.51. The van der Waals surface area contributed by atoms with Gasteiger partial charge in [-0.3, -0.25) is 0 Å². The molecule has 0 aromatic rings. The smallest absolute Gasteiger partial charge is 0.0471 e. The molecule has 0 unspecified atom stereocenters. The molecule has 1 heterocycles. The van der Waals surface area contributed by atoms with Crippen LogP contribution < -0.4 is 0 Å². The summed E-state index contributed by atoms with van der Waals surface area (Å²) in [5, 5.41) is 1.88. The zero-order chi connectivity index (χ0) is 9.73. The van der Waals surface area contributed by atoms with Crippen LogP contribution in [-0.2, 0) is 4.74 Å². The van der Waals surface area contributed by atoms with E-state index in [0.29, 0.717) is 5.41 Å². The Labute approximate surface area is 94.1 Å². The highest BCUT2D eigenvalue weighted by molar-refractivity contribution is 9.09. The highest BCUT2D eigenvalue weighted by atomic mass is 79.9. The van der Waals surface area contributed by atoms with E-state index in [1.54, 1.807) is 0 Å². The standard InChI is InChI=1S/C10H19BrOS/c1-9(2)13-8-10(7-11)3-5-12-6-4-10/h9H,3-8H2,1-2H3. The summed E-state index contributed by atoms with van der Waals surface area (Å²) in [5.74, 6) is 1.28. The molecular weight excluding hydrogens is 248 g/mol. The minimum atomic E-state index is 0.507. The lowest BCUT2D eigenvalue weighted by Gasteiger charge is -2.35. The molecule has 0 aliphatic carbocycles. The van der Waals surface area contributed by atoms with Crippen LogP contribution in [0.4, 0.5) is 0 Å². The van der Waals surface area contributed by atoms with Gasteiger partial charge in [0.1, 0.15) is 0 Å². The van der Waals surface area contributed by atoms with Crippen LogP contribution in [0.5, 0.6) is 0 Å². The van der Waals surface area contributed by atoms with E-state index in [4.69, 9.17) is 4.74 Å². The number of alkyl halides is 1. The summed E-state index contributed by atoms with van der Waals surface area (Å²) in [5.41, 5.74) is 0.507. The lowest BCUT2D eigenvalue weighted by atomic mass is 9.85. The second kappa shape index (κ2) is 5.62. The highest BCUT2D eigenvalue weighted by Gasteiger charge is 2.31. The van der Waals surface area contributed by atoms with Crippen molar-refractivity contribution in [3.8, 4) is 0 Å². The molecule has 0 N–H and O–H groups in total. The van der Waals surface area contributed by atoms with Crippen molar-refractivity contribution in [1.82, 2.24) is 0 Å². The fraction of sp³-hybridized carbons (Fsp3) is 1.00. The SMILES string of the molecule is CC(C)SCC1(CBr)CCOCC1. The minimum Gasteiger partial charge on any atom is -0.381 e. The minimum absolute atomic E-state index is 0.507. The van der Waals surface area contributed by atoms with Crippen molar-refractivity contribution in [2.75, 3.05) is 24.3 Å². The summed E-state index contributed by atoms with van der Waals surface area (Å²) in [6, 6.07) is 0. The van der Waals surface area contributed by atoms with E-state index in [9.17, 15) is 0 Å². The molecule has 0 atom stereocenters. The summed E-state index contributed by atoms with van der Waals surface area (Å²) >= 11 is 5.72. The van der Waals surface area contributed by atoms with Crippen LogP contribution in [0.15, 0.2) is 0 Å². The summed E-state index contributed by atoms with van der Waals surface area (Å²) < 4.78 is 5.40. The molecule has 1 aliphatic rings. The van der Waals surface area contributed by atoms with Gasteiger partial charge in [0.15, 0.2) is 0 Å². The van der Waals surface area contributed by atoms with Crippen LogP contribution in [0.1, 0.15) is 26.7 Å². The average molecular weight is 267 g/mol. The van der Waals surface area contributed by atoms with E-state index in [1.807, 2.05) is 0 Å². The number of hydrogen-bond acceptors (Lipinski definition) is 2. The fourth-order valence-corrected chi connectivity index (χ4v) is 3.56. The van der Waals surface area contributed by atoms with Gasteiger partial charge in [0.25, 0.3) is 0 Å². The van der Waals surface area contributed by atoms with E-state index in [-0.39, 0.29) is 0 Å². The molecule has 1 nitrogen and oxygen atoms in total. The highest BCUT2D eigenvalue weighted by Crippen LogP contribution is 2.36. The van der Waals surface area contributed by atoms with Crippen molar-refractivity contribution in [2.45, 2.75) is 31.9 Å². The molecule has 1 rings (SSSR count). The summed E-state index contributed by atoms with van der Waals surface area (Å²) in [4.78, 5) is 0. The van der Waals surface area contributed by atoms with Gasteiger partial charge in [-0.05, 0) is 23.5 Å². The van der Waals surface area contributed by atoms with Crippen LogP contribution in [0.25, 0.3) is 0 Å². The van der Waals surface area contributed by atoms with Crippen molar-refractivity contribution in [1.29, 1.82) is 0 Å². The molecule has 1 saturated heterocycles. The Morgan fingerprint density at radius 1 is 1.38 bits per heavy atom. The molecule has 0 radical (unpaired) electrons. The van der Waals surface area contributed by atoms with Gasteiger partial charge in [0.2, 0.25) is 0 Å². The van der Waals surface area contributed by atoms with Crippen LogP contribution >= 0.6 is 27.7 Å². The summed E-state index contributed by atoms with van der Waals surface area (Å²) in [6.45, 7) is 6.44. The second-order valence-electron chi connectivity index (χ2n) is 4.11. The molecule has 0 saturated carbocycles. The average Bonchev–Trinajstić information content (AvgIpc) is 2.16. The molecule has 3 heteroatoms. The number of halogens is 1. The molecule has 1 fully saturated rings. The van der Waals surface area contributed by atoms with Crippen LogP contribution in [-0.4, -0.2) is 29.5 Å². The van der Waals surface area contributed by atoms with Crippen LogP contribution in [0, 0.1) is 5.41 Å². The molecule has 0 amide bonds. The van der Waals surface area contributed by atoms with Crippen molar-refractivity contribution in [3.63, 3.8) is 0 Å². The molecular formula is C10H19BrOS. The molecule has 1 aliphatic heterocycles. The Kier molecular flexibility index (Phi) is 5.13. The number of ether oxygens (including phenoxy) is 1.